The number of aryl methyl sites for hydroxylation is 2. The van der Waals surface area contributed by atoms with Crippen LogP contribution in [0, 0.1) is 13.8 Å². The van der Waals surface area contributed by atoms with Crippen molar-refractivity contribution >= 4 is 11.3 Å². The highest BCUT2D eigenvalue weighted by molar-refractivity contribution is 7.12. The van der Waals surface area contributed by atoms with Gasteiger partial charge in [0, 0.05) is 20.6 Å². The highest BCUT2D eigenvalue weighted by atomic mass is 32.1. The highest BCUT2D eigenvalue weighted by Crippen LogP contribution is 2.43. The first-order valence-electron chi connectivity index (χ1n) is 9.52. The number of hydrogen-bond donors (Lipinski definition) is 0. The van der Waals surface area contributed by atoms with Crippen molar-refractivity contribution in [2.24, 2.45) is 0 Å². The second kappa shape index (κ2) is 7.04. The Labute approximate surface area is 162 Å². The molecule has 0 radical (unpaired) electrons. The van der Waals surface area contributed by atoms with E-state index in [2.05, 4.69) is 102 Å². The predicted molar refractivity (Wildman–Crippen MR) is 116 cm³/mol. The van der Waals surface area contributed by atoms with Crippen LogP contribution in [0.2, 0.25) is 0 Å². The fourth-order valence-electron chi connectivity index (χ4n) is 3.52. The molecule has 1 aromatic heterocycles. The molecule has 2 aromatic carbocycles. The third-order valence-corrected chi connectivity index (χ3v) is 7.61. The molecule has 0 aliphatic rings. The van der Waals surface area contributed by atoms with E-state index >= 15 is 0 Å². The monoisotopic (exact) mass is 362 g/mol. The van der Waals surface area contributed by atoms with E-state index in [4.69, 9.17) is 0 Å². The predicted octanol–water partition coefficient (Wildman–Crippen LogP) is 7.41. The van der Waals surface area contributed by atoms with Gasteiger partial charge in [-0.05, 0) is 43.5 Å². The van der Waals surface area contributed by atoms with Crippen molar-refractivity contribution in [2.45, 2.75) is 58.8 Å². The zero-order valence-electron chi connectivity index (χ0n) is 16.9. The number of thiophene rings is 1. The average molecular weight is 363 g/mol. The lowest BCUT2D eigenvalue weighted by Crippen LogP contribution is -2.21. The molecular weight excluding hydrogens is 332 g/mol. The third-order valence-electron chi connectivity index (χ3n) is 5.93. The first-order valence-corrected chi connectivity index (χ1v) is 10.3. The molecule has 0 N–H and O–H groups in total. The minimum Gasteiger partial charge on any atom is -0.144 e. The largest absolute Gasteiger partial charge is 0.144 e. The van der Waals surface area contributed by atoms with Crippen molar-refractivity contribution in [1.82, 2.24) is 0 Å². The van der Waals surface area contributed by atoms with Crippen LogP contribution in [-0.4, -0.2) is 0 Å². The highest BCUT2D eigenvalue weighted by Gasteiger charge is 2.31. The Morgan fingerprint density at radius 2 is 1.12 bits per heavy atom. The molecule has 0 fully saturated rings. The minimum absolute atomic E-state index is 0.0263. The Morgan fingerprint density at radius 1 is 0.654 bits per heavy atom. The zero-order chi connectivity index (χ0) is 18.9. The fourth-order valence-corrected chi connectivity index (χ4v) is 4.89. The van der Waals surface area contributed by atoms with Gasteiger partial charge in [0.25, 0.3) is 0 Å². The number of rotatable bonds is 5. The molecule has 26 heavy (non-hydrogen) atoms. The first-order chi connectivity index (χ1) is 12.3. The van der Waals surface area contributed by atoms with Crippen molar-refractivity contribution in [3.8, 4) is 0 Å². The molecule has 0 amide bonds. The van der Waals surface area contributed by atoms with Crippen molar-refractivity contribution < 1.29 is 0 Å². The topological polar surface area (TPSA) is 0 Å². The van der Waals surface area contributed by atoms with Gasteiger partial charge in [-0.1, -0.05) is 87.4 Å². The maximum Gasteiger partial charge on any atom is 0.0266 e. The molecule has 1 atom stereocenters. The molecular formula is C25H30S. The van der Waals surface area contributed by atoms with Gasteiger partial charge < -0.3 is 0 Å². The Bertz CT molecular complexity index is 865. The molecule has 0 saturated carbocycles. The fraction of sp³-hybridized carbons (Fsp3) is 0.360. The Hall–Kier alpha value is -1.86. The van der Waals surface area contributed by atoms with Crippen LogP contribution in [0.15, 0.2) is 60.7 Å². The molecule has 0 bridgehead atoms. The van der Waals surface area contributed by atoms with Gasteiger partial charge in [-0.15, -0.1) is 11.3 Å². The summed E-state index contributed by atoms with van der Waals surface area (Å²) in [7, 11) is 0. The minimum atomic E-state index is 0.0263. The van der Waals surface area contributed by atoms with Crippen LogP contribution in [0.4, 0.5) is 0 Å². The Morgan fingerprint density at radius 3 is 1.62 bits per heavy atom. The molecule has 1 heteroatoms. The molecule has 3 aromatic rings. The van der Waals surface area contributed by atoms with Crippen LogP contribution in [-0.2, 0) is 10.8 Å². The van der Waals surface area contributed by atoms with Gasteiger partial charge in [0.15, 0.2) is 0 Å². The molecule has 136 valence electrons. The van der Waals surface area contributed by atoms with Crippen LogP contribution in [0.3, 0.4) is 0 Å². The van der Waals surface area contributed by atoms with Crippen molar-refractivity contribution in [3.05, 3.63) is 92.7 Å². The standard InChI is InChI=1S/C25H30S/c1-7-25(6,21-14-10-19(3)11-15-21)23-17-16-22(26-23)24(4,5)20-12-8-18(2)9-13-20/h8-17H,7H2,1-6H3. The summed E-state index contributed by atoms with van der Waals surface area (Å²) in [5.74, 6) is 0. The lowest BCUT2D eigenvalue weighted by Gasteiger charge is -2.29. The molecule has 0 nitrogen and oxygen atoms in total. The smallest absolute Gasteiger partial charge is 0.0266 e. The molecule has 0 saturated heterocycles. The van der Waals surface area contributed by atoms with E-state index in [1.54, 1.807) is 0 Å². The normalized spacial score (nSPS) is 14.2. The van der Waals surface area contributed by atoms with E-state index in [0.29, 0.717) is 0 Å². The summed E-state index contributed by atoms with van der Waals surface area (Å²) in [5, 5.41) is 0. The summed E-state index contributed by atoms with van der Waals surface area (Å²) >= 11 is 1.97. The molecule has 1 heterocycles. The summed E-state index contributed by atoms with van der Waals surface area (Å²) in [6.45, 7) is 13.6. The molecule has 0 aliphatic carbocycles. The lowest BCUT2D eigenvalue weighted by atomic mass is 9.78. The van der Waals surface area contributed by atoms with E-state index in [1.165, 1.54) is 32.0 Å². The van der Waals surface area contributed by atoms with Crippen molar-refractivity contribution in [3.63, 3.8) is 0 Å². The maximum absolute atomic E-state index is 2.38. The van der Waals surface area contributed by atoms with Crippen LogP contribution < -0.4 is 0 Å². The van der Waals surface area contributed by atoms with Crippen molar-refractivity contribution in [2.75, 3.05) is 0 Å². The van der Waals surface area contributed by atoms with Gasteiger partial charge >= 0.3 is 0 Å². The summed E-state index contributed by atoms with van der Waals surface area (Å²) in [5.41, 5.74) is 5.52. The van der Waals surface area contributed by atoms with E-state index in [1.807, 2.05) is 11.3 Å². The first kappa shape index (κ1) is 18.9. The van der Waals surface area contributed by atoms with Gasteiger partial charge in [-0.2, -0.15) is 0 Å². The van der Waals surface area contributed by atoms with Gasteiger partial charge in [0.05, 0.1) is 0 Å². The van der Waals surface area contributed by atoms with Gasteiger partial charge in [-0.25, -0.2) is 0 Å². The van der Waals surface area contributed by atoms with Crippen LogP contribution in [0.5, 0.6) is 0 Å². The van der Waals surface area contributed by atoms with Crippen LogP contribution >= 0.6 is 11.3 Å². The van der Waals surface area contributed by atoms with Crippen LogP contribution in [0.1, 0.15) is 66.1 Å². The second-order valence-corrected chi connectivity index (χ2v) is 9.29. The molecule has 0 aliphatic heterocycles. The lowest BCUT2D eigenvalue weighted by molar-refractivity contribution is 0.561. The second-order valence-electron chi connectivity index (χ2n) is 8.21. The SMILES string of the molecule is CCC(C)(c1ccc(C)cc1)c1ccc(C(C)(C)c2ccc(C)cc2)s1. The van der Waals surface area contributed by atoms with Crippen LogP contribution in [0.25, 0.3) is 0 Å². The van der Waals surface area contributed by atoms with E-state index in [0.717, 1.165) is 6.42 Å². The average Bonchev–Trinajstić information content (AvgIpc) is 3.13. The summed E-state index contributed by atoms with van der Waals surface area (Å²) in [4.78, 5) is 2.89. The van der Waals surface area contributed by atoms with E-state index < -0.39 is 0 Å². The molecule has 0 spiro atoms. The molecule has 1 unspecified atom stereocenters. The van der Waals surface area contributed by atoms with E-state index in [9.17, 15) is 0 Å². The zero-order valence-corrected chi connectivity index (χ0v) is 17.7. The maximum atomic E-state index is 2.38. The Kier molecular flexibility index (Phi) is 5.12. The van der Waals surface area contributed by atoms with Gasteiger partial charge in [0.1, 0.15) is 0 Å². The number of hydrogen-bond acceptors (Lipinski definition) is 1. The van der Waals surface area contributed by atoms with Gasteiger partial charge in [-0.3, -0.25) is 0 Å². The molecule has 3 rings (SSSR count). The summed E-state index contributed by atoms with van der Waals surface area (Å²) in [6, 6.07) is 22.7. The summed E-state index contributed by atoms with van der Waals surface area (Å²) < 4.78 is 0. The van der Waals surface area contributed by atoms with Gasteiger partial charge in [0.2, 0.25) is 0 Å². The summed E-state index contributed by atoms with van der Waals surface area (Å²) in [6.07, 6.45) is 1.10. The Balaban J connectivity index is 1.99. The quantitative estimate of drug-likeness (QED) is 0.443. The number of benzene rings is 2. The van der Waals surface area contributed by atoms with Crippen molar-refractivity contribution in [1.29, 1.82) is 0 Å². The third kappa shape index (κ3) is 3.38. The van der Waals surface area contributed by atoms with E-state index in [-0.39, 0.29) is 10.8 Å².